The topological polar surface area (TPSA) is 67.9 Å². The summed E-state index contributed by atoms with van der Waals surface area (Å²) in [6, 6.07) is 21.4. The Bertz CT molecular complexity index is 1230. The normalized spacial score (nSPS) is 13.0. The predicted molar refractivity (Wildman–Crippen MR) is 143 cm³/mol. The summed E-state index contributed by atoms with van der Waals surface area (Å²) < 4.78 is 11.1. The SMILES string of the molecule is C=CC(=O)Nc1cccc2c1CCC2.O=C(CCl)N(Cc1ccccc1)c1ccc2c(c1)OCCO2. The van der Waals surface area contributed by atoms with E-state index in [9.17, 15) is 9.59 Å². The number of amides is 2. The summed E-state index contributed by atoms with van der Waals surface area (Å²) in [4.78, 5) is 25.0. The molecule has 0 fully saturated rings. The summed E-state index contributed by atoms with van der Waals surface area (Å²) >= 11 is 5.76. The molecule has 7 heteroatoms. The van der Waals surface area contributed by atoms with Gasteiger partial charge in [-0.05, 0) is 60.2 Å². The highest BCUT2D eigenvalue weighted by atomic mass is 35.5. The van der Waals surface area contributed by atoms with Crippen molar-refractivity contribution in [2.45, 2.75) is 25.8 Å². The number of nitrogens with zero attached hydrogens (tertiary/aromatic N) is 1. The van der Waals surface area contributed by atoms with Crippen LogP contribution in [0.15, 0.2) is 79.4 Å². The predicted octanol–water partition coefficient (Wildman–Crippen LogP) is 5.53. The average Bonchev–Trinajstić information content (AvgIpc) is 3.42. The second kappa shape index (κ2) is 12.3. The van der Waals surface area contributed by atoms with Gasteiger partial charge in [-0.3, -0.25) is 9.59 Å². The zero-order valence-corrected chi connectivity index (χ0v) is 20.8. The Morgan fingerprint density at radius 3 is 2.50 bits per heavy atom. The summed E-state index contributed by atoms with van der Waals surface area (Å²) in [6.45, 7) is 4.96. The first-order valence-electron chi connectivity index (χ1n) is 11.9. The molecule has 1 heterocycles. The van der Waals surface area contributed by atoms with Crippen molar-refractivity contribution in [2.24, 2.45) is 0 Å². The Labute approximate surface area is 216 Å². The maximum absolute atomic E-state index is 12.2. The standard InChI is InChI=1S/C17H16ClNO3.C12H13NO/c18-11-17(20)19(12-13-4-2-1-3-5-13)14-6-7-15-16(10-14)22-9-8-21-15;1-2-12(14)13-11-8-4-6-9-5-3-7-10(9)11/h1-7,10H,8-9,11-12H2;2,4,6,8H,1,3,5,7H2,(H,13,14). The van der Waals surface area contributed by atoms with Gasteiger partial charge in [0.15, 0.2) is 11.5 Å². The first-order chi connectivity index (χ1) is 17.6. The van der Waals surface area contributed by atoms with Crippen LogP contribution in [-0.2, 0) is 29.0 Å². The molecule has 0 unspecified atom stereocenters. The molecule has 0 radical (unpaired) electrons. The number of fused-ring (bicyclic) bond motifs is 2. The number of alkyl halides is 1. The number of rotatable bonds is 6. The minimum Gasteiger partial charge on any atom is -0.486 e. The Morgan fingerprint density at radius 1 is 0.972 bits per heavy atom. The van der Waals surface area contributed by atoms with Gasteiger partial charge < -0.3 is 19.7 Å². The van der Waals surface area contributed by atoms with Crippen LogP contribution in [0.3, 0.4) is 0 Å². The first kappa shape index (κ1) is 25.3. The van der Waals surface area contributed by atoms with Crippen LogP contribution >= 0.6 is 11.6 Å². The number of hydrogen-bond donors (Lipinski definition) is 1. The van der Waals surface area contributed by atoms with E-state index >= 15 is 0 Å². The molecule has 186 valence electrons. The van der Waals surface area contributed by atoms with Crippen molar-refractivity contribution in [3.05, 3.63) is 96.1 Å². The number of carbonyl (C=O) groups excluding carboxylic acids is 2. The van der Waals surface area contributed by atoms with Crippen molar-refractivity contribution in [1.29, 1.82) is 0 Å². The van der Waals surface area contributed by atoms with E-state index in [1.807, 2.05) is 60.7 Å². The molecular formula is C29H29ClN2O4. The monoisotopic (exact) mass is 504 g/mol. The molecule has 5 rings (SSSR count). The average molecular weight is 505 g/mol. The van der Waals surface area contributed by atoms with Gasteiger partial charge in [-0.2, -0.15) is 0 Å². The van der Waals surface area contributed by atoms with Crippen LogP contribution in [0.4, 0.5) is 11.4 Å². The smallest absolute Gasteiger partial charge is 0.247 e. The number of carbonyl (C=O) groups is 2. The molecule has 0 saturated carbocycles. The van der Waals surface area contributed by atoms with E-state index in [1.54, 1.807) is 4.90 Å². The third kappa shape index (κ3) is 6.26. The zero-order valence-electron chi connectivity index (χ0n) is 20.0. The van der Waals surface area contributed by atoms with Gasteiger partial charge in [-0.15, -0.1) is 11.6 Å². The van der Waals surface area contributed by atoms with E-state index in [1.165, 1.54) is 23.6 Å². The van der Waals surface area contributed by atoms with Crippen LogP contribution in [-0.4, -0.2) is 30.9 Å². The number of aryl methyl sites for hydroxylation is 1. The van der Waals surface area contributed by atoms with E-state index in [0.717, 1.165) is 29.8 Å². The van der Waals surface area contributed by atoms with Gasteiger partial charge in [0.2, 0.25) is 11.8 Å². The maximum atomic E-state index is 12.2. The van der Waals surface area contributed by atoms with Gasteiger partial charge in [0, 0.05) is 17.4 Å². The second-order valence-corrected chi connectivity index (χ2v) is 8.68. The zero-order chi connectivity index (χ0) is 25.3. The molecule has 0 spiro atoms. The third-order valence-electron chi connectivity index (χ3n) is 6.03. The number of nitrogens with one attached hydrogen (secondary N) is 1. The number of anilines is 2. The van der Waals surface area contributed by atoms with Gasteiger partial charge in [0.25, 0.3) is 0 Å². The van der Waals surface area contributed by atoms with E-state index < -0.39 is 0 Å². The van der Waals surface area contributed by atoms with Crippen LogP contribution in [0.2, 0.25) is 0 Å². The second-order valence-electron chi connectivity index (χ2n) is 8.42. The van der Waals surface area contributed by atoms with E-state index in [4.69, 9.17) is 21.1 Å². The molecule has 1 aliphatic carbocycles. The van der Waals surface area contributed by atoms with Crippen LogP contribution in [0.5, 0.6) is 11.5 Å². The Kier molecular flexibility index (Phi) is 8.63. The third-order valence-corrected chi connectivity index (χ3v) is 6.25. The molecule has 0 bridgehead atoms. The summed E-state index contributed by atoms with van der Waals surface area (Å²) in [6.07, 6.45) is 4.70. The summed E-state index contributed by atoms with van der Waals surface area (Å²) in [5.74, 6) is 1.01. The molecule has 0 saturated heterocycles. The minimum atomic E-state index is -0.151. The number of benzene rings is 3. The van der Waals surface area contributed by atoms with Crippen LogP contribution in [0.25, 0.3) is 0 Å². The lowest BCUT2D eigenvalue weighted by atomic mass is 10.1. The first-order valence-corrected chi connectivity index (χ1v) is 12.5. The van der Waals surface area contributed by atoms with Gasteiger partial charge in [-0.25, -0.2) is 0 Å². The van der Waals surface area contributed by atoms with Gasteiger partial charge in [0.05, 0.1) is 6.54 Å². The van der Waals surface area contributed by atoms with E-state index in [2.05, 4.69) is 18.0 Å². The molecule has 6 nitrogen and oxygen atoms in total. The van der Waals surface area contributed by atoms with Gasteiger partial charge in [-0.1, -0.05) is 49.0 Å². The molecule has 3 aromatic carbocycles. The molecular weight excluding hydrogens is 476 g/mol. The Morgan fingerprint density at radius 2 is 1.75 bits per heavy atom. The fourth-order valence-corrected chi connectivity index (χ4v) is 4.43. The molecule has 3 aromatic rings. The fourth-order valence-electron chi connectivity index (χ4n) is 4.28. The summed E-state index contributed by atoms with van der Waals surface area (Å²) in [5.41, 5.74) is 5.40. The quantitative estimate of drug-likeness (QED) is 0.354. The molecule has 2 amide bonds. The lowest BCUT2D eigenvalue weighted by Crippen LogP contribution is -2.31. The van der Waals surface area contributed by atoms with Crippen molar-refractivity contribution in [3.63, 3.8) is 0 Å². The highest BCUT2D eigenvalue weighted by Gasteiger charge is 2.19. The van der Waals surface area contributed by atoms with Crippen molar-refractivity contribution in [3.8, 4) is 11.5 Å². The lowest BCUT2D eigenvalue weighted by molar-refractivity contribution is -0.116. The fraction of sp³-hybridized carbons (Fsp3) is 0.241. The molecule has 0 atom stereocenters. The van der Waals surface area contributed by atoms with Crippen molar-refractivity contribution in [1.82, 2.24) is 0 Å². The summed E-state index contributed by atoms with van der Waals surface area (Å²) in [7, 11) is 0. The van der Waals surface area contributed by atoms with Crippen molar-refractivity contribution in [2.75, 3.05) is 29.3 Å². The highest BCUT2D eigenvalue weighted by molar-refractivity contribution is 6.29. The van der Waals surface area contributed by atoms with E-state index in [-0.39, 0.29) is 17.7 Å². The molecule has 2 aliphatic rings. The van der Waals surface area contributed by atoms with E-state index in [0.29, 0.717) is 31.3 Å². The summed E-state index contributed by atoms with van der Waals surface area (Å²) in [5, 5.41) is 2.83. The molecule has 1 aliphatic heterocycles. The maximum Gasteiger partial charge on any atom is 0.247 e. The number of ether oxygens (including phenoxy) is 2. The van der Waals surface area contributed by atoms with Crippen molar-refractivity contribution < 1.29 is 19.1 Å². The van der Waals surface area contributed by atoms with Crippen molar-refractivity contribution >= 4 is 34.8 Å². The number of halogens is 1. The molecule has 1 N–H and O–H groups in total. The Balaban J connectivity index is 0.000000187. The van der Waals surface area contributed by atoms with Gasteiger partial charge in [0.1, 0.15) is 19.1 Å². The molecule has 36 heavy (non-hydrogen) atoms. The van der Waals surface area contributed by atoms with Crippen LogP contribution < -0.4 is 19.7 Å². The lowest BCUT2D eigenvalue weighted by Gasteiger charge is -2.25. The Hall–Kier alpha value is -3.77. The number of hydrogen-bond acceptors (Lipinski definition) is 4. The largest absolute Gasteiger partial charge is 0.486 e. The van der Waals surface area contributed by atoms with Crippen LogP contribution in [0.1, 0.15) is 23.1 Å². The minimum absolute atomic E-state index is 0.0682. The van der Waals surface area contributed by atoms with Crippen LogP contribution in [0, 0.1) is 0 Å². The van der Waals surface area contributed by atoms with Gasteiger partial charge >= 0.3 is 0 Å². The molecule has 0 aromatic heterocycles. The highest BCUT2D eigenvalue weighted by Crippen LogP contribution is 2.34.